The first-order valence-electron chi connectivity index (χ1n) is 3.30. The van der Waals surface area contributed by atoms with Crippen molar-refractivity contribution < 1.29 is 9.90 Å². The van der Waals surface area contributed by atoms with E-state index in [2.05, 4.69) is 4.99 Å². The van der Waals surface area contributed by atoms with E-state index in [0.717, 1.165) is 0 Å². The Morgan fingerprint density at radius 2 is 1.85 bits per heavy atom. The minimum Gasteiger partial charge on any atom is -0.505 e. The summed E-state index contributed by atoms with van der Waals surface area (Å²) in [7, 11) is 0. The van der Waals surface area contributed by atoms with Crippen LogP contribution in [0.3, 0.4) is 0 Å². The van der Waals surface area contributed by atoms with Crippen molar-refractivity contribution >= 4 is 35.8 Å². The van der Waals surface area contributed by atoms with Crippen LogP contribution in [0, 0.1) is 0 Å². The Hall–Kier alpha value is -1.06. The van der Waals surface area contributed by atoms with Crippen LogP contribution >= 0.6 is 23.2 Å². The molecule has 3 nitrogen and oxygen atoms in total. The predicted molar refractivity (Wildman–Crippen MR) is 51.8 cm³/mol. The molecule has 13 heavy (non-hydrogen) atoms. The molecule has 1 amide bonds. The Balaban J connectivity index is 3.12. The van der Waals surface area contributed by atoms with Crippen LogP contribution in [0.1, 0.15) is 5.56 Å². The average molecular weight is 218 g/mol. The van der Waals surface area contributed by atoms with E-state index >= 15 is 0 Å². The van der Waals surface area contributed by atoms with Gasteiger partial charge in [0, 0.05) is 6.21 Å². The number of phenols is 1. The van der Waals surface area contributed by atoms with E-state index in [-0.39, 0.29) is 15.8 Å². The lowest BCUT2D eigenvalue weighted by Crippen LogP contribution is -1.82. The zero-order chi connectivity index (χ0) is 9.84. The van der Waals surface area contributed by atoms with Crippen molar-refractivity contribution in [3.8, 4) is 5.75 Å². The van der Waals surface area contributed by atoms with Crippen molar-refractivity contribution in [1.82, 2.24) is 0 Å². The Kier molecular flexibility index (Phi) is 3.28. The van der Waals surface area contributed by atoms with Gasteiger partial charge in [0.1, 0.15) is 0 Å². The number of amides is 1. The van der Waals surface area contributed by atoms with Gasteiger partial charge in [-0.2, -0.15) is 0 Å². The Morgan fingerprint density at radius 1 is 1.31 bits per heavy atom. The molecule has 0 unspecified atom stereocenters. The first-order chi connectivity index (χ1) is 6.15. The lowest BCUT2D eigenvalue weighted by Gasteiger charge is -2.00. The summed E-state index contributed by atoms with van der Waals surface area (Å²) in [4.78, 5) is 13.3. The number of aromatic hydroxyl groups is 1. The summed E-state index contributed by atoms with van der Waals surface area (Å²) in [6.45, 7) is 0. The number of carbonyl (C=O) groups is 1. The third-order valence-electron chi connectivity index (χ3n) is 1.32. The van der Waals surface area contributed by atoms with Crippen LogP contribution in [0.25, 0.3) is 0 Å². The van der Waals surface area contributed by atoms with E-state index in [0.29, 0.717) is 12.0 Å². The second-order valence-corrected chi connectivity index (χ2v) is 3.03. The molecule has 0 saturated heterocycles. The van der Waals surface area contributed by atoms with Gasteiger partial charge in [-0.25, -0.2) is 4.99 Å². The van der Waals surface area contributed by atoms with Gasteiger partial charge in [0.25, 0.3) is 0 Å². The van der Waals surface area contributed by atoms with E-state index in [1.807, 2.05) is 0 Å². The maximum Gasteiger partial charge on any atom is 0.232 e. The number of phenolic OH excluding ortho intramolecular Hbond substituents is 1. The summed E-state index contributed by atoms with van der Waals surface area (Å²) in [5.41, 5.74) is 0.555. The quantitative estimate of drug-likeness (QED) is 0.611. The number of halogens is 2. The smallest absolute Gasteiger partial charge is 0.232 e. The third-order valence-corrected chi connectivity index (χ3v) is 1.90. The van der Waals surface area contributed by atoms with Crippen molar-refractivity contribution in [1.29, 1.82) is 0 Å². The molecule has 0 aliphatic carbocycles. The summed E-state index contributed by atoms with van der Waals surface area (Å²) in [5.74, 6) is -0.174. The van der Waals surface area contributed by atoms with Crippen LogP contribution in [0.5, 0.6) is 5.75 Å². The van der Waals surface area contributed by atoms with Gasteiger partial charge in [0.2, 0.25) is 6.41 Å². The highest BCUT2D eigenvalue weighted by Gasteiger charge is 2.04. The molecular weight excluding hydrogens is 213 g/mol. The third kappa shape index (κ3) is 2.44. The summed E-state index contributed by atoms with van der Waals surface area (Å²) in [6.07, 6.45) is 1.69. The summed E-state index contributed by atoms with van der Waals surface area (Å²) in [5, 5.41) is 9.43. The van der Waals surface area contributed by atoms with Crippen LogP contribution in [-0.2, 0) is 4.79 Å². The molecular formula is C8H5Cl2NO2. The second kappa shape index (κ2) is 4.25. The molecule has 0 saturated carbocycles. The van der Waals surface area contributed by atoms with E-state index in [1.165, 1.54) is 18.3 Å². The van der Waals surface area contributed by atoms with Crippen molar-refractivity contribution in [3.63, 3.8) is 0 Å². The maximum absolute atomic E-state index is 9.90. The molecule has 0 aliphatic heterocycles. The van der Waals surface area contributed by atoms with Gasteiger partial charge in [-0.1, -0.05) is 23.2 Å². The van der Waals surface area contributed by atoms with Crippen LogP contribution in [0.2, 0.25) is 10.0 Å². The lowest BCUT2D eigenvalue weighted by molar-refractivity contribution is -0.106. The first-order valence-corrected chi connectivity index (χ1v) is 4.05. The molecule has 1 aromatic carbocycles. The molecule has 0 aromatic heterocycles. The summed E-state index contributed by atoms with van der Waals surface area (Å²) < 4.78 is 0. The minimum absolute atomic E-state index is 0.125. The van der Waals surface area contributed by atoms with Crippen molar-refractivity contribution in [2.45, 2.75) is 0 Å². The minimum atomic E-state index is -0.174. The second-order valence-electron chi connectivity index (χ2n) is 2.22. The van der Waals surface area contributed by atoms with Gasteiger partial charge in [-0.15, -0.1) is 0 Å². The number of hydrogen-bond acceptors (Lipinski definition) is 2. The van der Waals surface area contributed by atoms with E-state index in [1.54, 1.807) is 0 Å². The fraction of sp³-hybridized carbons (Fsp3) is 0. The molecule has 0 spiro atoms. The SMILES string of the molecule is O=CN=Cc1cc(Cl)c(O)c(Cl)c1. The van der Waals surface area contributed by atoms with Gasteiger partial charge >= 0.3 is 0 Å². The van der Waals surface area contributed by atoms with Gasteiger partial charge in [-0.05, 0) is 17.7 Å². The molecule has 0 bridgehead atoms. The Morgan fingerprint density at radius 3 is 2.31 bits per heavy atom. The number of nitrogens with zero attached hydrogens (tertiary/aromatic N) is 1. The molecule has 0 aliphatic rings. The molecule has 0 radical (unpaired) electrons. The number of rotatable bonds is 2. The molecule has 1 aromatic rings. The van der Waals surface area contributed by atoms with E-state index in [9.17, 15) is 9.90 Å². The largest absolute Gasteiger partial charge is 0.505 e. The lowest BCUT2D eigenvalue weighted by atomic mass is 10.2. The van der Waals surface area contributed by atoms with E-state index < -0.39 is 0 Å². The van der Waals surface area contributed by atoms with Crippen molar-refractivity contribution in [2.24, 2.45) is 4.99 Å². The molecule has 5 heteroatoms. The molecule has 1 rings (SSSR count). The molecule has 68 valence electrons. The van der Waals surface area contributed by atoms with E-state index in [4.69, 9.17) is 23.2 Å². The number of carbonyl (C=O) groups excluding carboxylic acids is 1. The summed E-state index contributed by atoms with van der Waals surface area (Å²) in [6, 6.07) is 2.91. The molecule has 1 N–H and O–H groups in total. The first kappa shape index (κ1) is 10.0. The fourth-order valence-electron chi connectivity index (χ4n) is 0.776. The number of aliphatic imine (C=N–C) groups is 1. The predicted octanol–water partition coefficient (Wildman–Crippen LogP) is 2.27. The Bertz CT molecular complexity index is 340. The highest BCUT2D eigenvalue weighted by atomic mass is 35.5. The van der Waals surface area contributed by atoms with Crippen LogP contribution in [-0.4, -0.2) is 17.7 Å². The zero-order valence-corrected chi connectivity index (χ0v) is 7.88. The average Bonchev–Trinajstić information content (AvgIpc) is 2.10. The Labute approximate surface area is 84.6 Å². The molecule has 0 atom stereocenters. The highest BCUT2D eigenvalue weighted by Crippen LogP contribution is 2.32. The summed E-state index contributed by atoms with van der Waals surface area (Å²) >= 11 is 11.2. The maximum atomic E-state index is 9.90. The molecule has 0 heterocycles. The van der Waals surface area contributed by atoms with Crippen LogP contribution in [0.15, 0.2) is 17.1 Å². The van der Waals surface area contributed by atoms with Crippen molar-refractivity contribution in [3.05, 3.63) is 27.7 Å². The van der Waals surface area contributed by atoms with Gasteiger partial charge in [-0.3, -0.25) is 4.79 Å². The fourth-order valence-corrected chi connectivity index (χ4v) is 1.28. The topological polar surface area (TPSA) is 49.7 Å². The molecule has 0 fully saturated rings. The monoisotopic (exact) mass is 217 g/mol. The number of benzene rings is 1. The van der Waals surface area contributed by atoms with Gasteiger partial charge in [0.15, 0.2) is 5.75 Å². The number of hydrogen-bond donors (Lipinski definition) is 1. The van der Waals surface area contributed by atoms with Crippen LogP contribution < -0.4 is 0 Å². The zero-order valence-electron chi connectivity index (χ0n) is 6.37. The van der Waals surface area contributed by atoms with Gasteiger partial charge < -0.3 is 5.11 Å². The van der Waals surface area contributed by atoms with Crippen LogP contribution in [0.4, 0.5) is 0 Å². The normalized spacial score (nSPS) is 10.6. The van der Waals surface area contributed by atoms with Crippen molar-refractivity contribution in [2.75, 3.05) is 0 Å². The highest BCUT2D eigenvalue weighted by molar-refractivity contribution is 6.37. The standard InChI is InChI=1S/C8H5Cl2NO2/c9-6-1-5(3-11-4-12)2-7(10)8(6)13/h1-4,13H. The van der Waals surface area contributed by atoms with Gasteiger partial charge in [0.05, 0.1) is 10.0 Å².